The molecule has 0 amide bonds. The van der Waals surface area contributed by atoms with Crippen molar-refractivity contribution < 1.29 is 18.3 Å². The summed E-state index contributed by atoms with van der Waals surface area (Å²) in [6.07, 6.45) is 0.922. The van der Waals surface area contributed by atoms with Crippen LogP contribution >= 0.6 is 0 Å². The van der Waals surface area contributed by atoms with Gasteiger partial charge in [-0.1, -0.05) is 20.3 Å². The largest absolute Gasteiger partial charge is 0.494 e. The number of nitrogens with zero attached hydrogens (tertiary/aromatic N) is 1. The molecule has 0 aromatic heterocycles. The van der Waals surface area contributed by atoms with Crippen LogP contribution in [0.15, 0.2) is 23.1 Å². The van der Waals surface area contributed by atoms with Crippen molar-refractivity contribution in [1.29, 1.82) is 0 Å². The van der Waals surface area contributed by atoms with Gasteiger partial charge in [0.15, 0.2) is 0 Å². The van der Waals surface area contributed by atoms with Crippen LogP contribution in [0, 0.1) is 5.92 Å². The quantitative estimate of drug-likeness (QED) is 0.799. The van der Waals surface area contributed by atoms with Gasteiger partial charge in [-0.3, -0.25) is 0 Å². The fraction of sp³-hybridized carbons (Fsp3) is 0.600. The van der Waals surface area contributed by atoms with E-state index in [4.69, 9.17) is 4.74 Å². The van der Waals surface area contributed by atoms with Crippen LogP contribution in [-0.2, 0) is 16.6 Å². The minimum Gasteiger partial charge on any atom is -0.494 e. The van der Waals surface area contributed by atoms with Crippen molar-refractivity contribution in [2.75, 3.05) is 20.2 Å². The van der Waals surface area contributed by atoms with Gasteiger partial charge in [0, 0.05) is 19.2 Å². The normalized spacial score (nSPS) is 13.4. The van der Waals surface area contributed by atoms with Crippen molar-refractivity contribution in [3.05, 3.63) is 23.8 Å². The zero-order valence-electron chi connectivity index (χ0n) is 13.2. The number of aliphatic hydroxyl groups is 1. The second kappa shape index (κ2) is 7.77. The highest BCUT2D eigenvalue weighted by molar-refractivity contribution is 7.89. The molecule has 1 rings (SSSR count). The molecule has 0 saturated carbocycles. The van der Waals surface area contributed by atoms with Crippen LogP contribution in [-0.4, -0.2) is 38.0 Å². The number of hydrogen-bond acceptors (Lipinski definition) is 4. The average Bonchev–Trinajstić information content (AvgIpc) is 2.47. The lowest BCUT2D eigenvalue weighted by atomic mass is 10.1. The molecule has 0 bridgehead atoms. The standard InChI is InChI=1S/C15H25NO4S/c1-5-12(3)10-16(4)21(18,19)14-7-8-15(20-6-2)13(9-14)11-17/h7-9,12,17H,5-6,10-11H2,1-4H3. The topological polar surface area (TPSA) is 66.8 Å². The van der Waals surface area contributed by atoms with E-state index in [2.05, 4.69) is 0 Å². The molecular weight excluding hydrogens is 290 g/mol. The van der Waals surface area contributed by atoms with Gasteiger partial charge in [-0.25, -0.2) is 12.7 Å². The molecule has 1 atom stereocenters. The zero-order valence-corrected chi connectivity index (χ0v) is 14.0. The van der Waals surface area contributed by atoms with Gasteiger partial charge in [0.25, 0.3) is 0 Å². The maximum Gasteiger partial charge on any atom is 0.242 e. The number of rotatable bonds is 8. The van der Waals surface area contributed by atoms with Gasteiger partial charge in [0.1, 0.15) is 5.75 Å². The summed E-state index contributed by atoms with van der Waals surface area (Å²) in [4.78, 5) is 0.181. The summed E-state index contributed by atoms with van der Waals surface area (Å²) in [5, 5.41) is 9.37. The number of hydrogen-bond donors (Lipinski definition) is 1. The molecule has 0 heterocycles. The van der Waals surface area contributed by atoms with E-state index < -0.39 is 10.0 Å². The van der Waals surface area contributed by atoms with E-state index in [0.717, 1.165) is 6.42 Å². The summed E-state index contributed by atoms with van der Waals surface area (Å²) in [7, 11) is -1.96. The van der Waals surface area contributed by atoms with E-state index in [1.54, 1.807) is 13.1 Å². The minimum absolute atomic E-state index is 0.181. The molecule has 21 heavy (non-hydrogen) atoms. The molecule has 0 aliphatic heterocycles. The maximum absolute atomic E-state index is 12.5. The molecule has 6 heteroatoms. The molecule has 0 aliphatic carbocycles. The molecule has 1 aromatic rings. The lowest BCUT2D eigenvalue weighted by Crippen LogP contribution is -2.31. The third-order valence-corrected chi connectivity index (χ3v) is 5.30. The summed E-state index contributed by atoms with van der Waals surface area (Å²) in [6, 6.07) is 4.60. The predicted octanol–water partition coefficient (Wildman–Crippen LogP) is 2.24. The van der Waals surface area contributed by atoms with Crippen LogP contribution in [0.3, 0.4) is 0 Å². The summed E-state index contributed by atoms with van der Waals surface area (Å²) in [5.41, 5.74) is 0.481. The van der Waals surface area contributed by atoms with E-state index in [9.17, 15) is 13.5 Å². The fourth-order valence-corrected chi connectivity index (χ4v) is 3.32. The van der Waals surface area contributed by atoms with Gasteiger partial charge in [-0.15, -0.1) is 0 Å². The zero-order chi connectivity index (χ0) is 16.0. The Hall–Kier alpha value is -1.11. The van der Waals surface area contributed by atoms with Crippen molar-refractivity contribution in [2.24, 2.45) is 5.92 Å². The van der Waals surface area contributed by atoms with Gasteiger partial charge in [-0.05, 0) is 31.0 Å². The molecule has 1 unspecified atom stereocenters. The number of benzene rings is 1. The molecule has 0 aliphatic rings. The minimum atomic E-state index is -3.54. The van der Waals surface area contributed by atoms with E-state index in [-0.39, 0.29) is 11.5 Å². The smallest absolute Gasteiger partial charge is 0.242 e. The van der Waals surface area contributed by atoms with Crippen molar-refractivity contribution >= 4 is 10.0 Å². The van der Waals surface area contributed by atoms with Crippen LogP contribution in [0.4, 0.5) is 0 Å². The Morgan fingerprint density at radius 3 is 2.52 bits per heavy atom. The highest BCUT2D eigenvalue weighted by Crippen LogP contribution is 2.25. The molecular formula is C15H25NO4S. The Morgan fingerprint density at radius 2 is 2.00 bits per heavy atom. The van der Waals surface area contributed by atoms with Crippen molar-refractivity contribution in [3.63, 3.8) is 0 Å². The summed E-state index contributed by atoms with van der Waals surface area (Å²) in [5.74, 6) is 0.813. The molecule has 0 radical (unpaired) electrons. The Morgan fingerprint density at radius 1 is 1.33 bits per heavy atom. The van der Waals surface area contributed by atoms with Gasteiger partial charge >= 0.3 is 0 Å². The van der Waals surface area contributed by atoms with Crippen LogP contribution in [0.1, 0.15) is 32.8 Å². The molecule has 120 valence electrons. The first-order valence-electron chi connectivity index (χ1n) is 7.19. The highest BCUT2D eigenvalue weighted by Gasteiger charge is 2.23. The summed E-state index contributed by atoms with van der Waals surface area (Å²) in [6.45, 7) is 6.57. The van der Waals surface area contributed by atoms with Crippen LogP contribution < -0.4 is 4.74 Å². The number of sulfonamides is 1. The summed E-state index contributed by atoms with van der Waals surface area (Å²) >= 11 is 0. The first kappa shape index (κ1) is 17.9. The number of ether oxygens (including phenoxy) is 1. The molecule has 0 saturated heterocycles. The Labute approximate surface area is 127 Å². The first-order valence-corrected chi connectivity index (χ1v) is 8.63. The van der Waals surface area contributed by atoms with Crippen LogP contribution in [0.25, 0.3) is 0 Å². The Bertz CT molecular complexity index is 557. The van der Waals surface area contributed by atoms with Gasteiger partial charge in [0.2, 0.25) is 10.0 Å². The van der Waals surface area contributed by atoms with E-state index in [0.29, 0.717) is 30.4 Å². The Balaban J connectivity index is 3.08. The van der Waals surface area contributed by atoms with Crippen molar-refractivity contribution in [2.45, 2.75) is 38.7 Å². The molecule has 0 spiro atoms. The lowest BCUT2D eigenvalue weighted by Gasteiger charge is -2.21. The third kappa shape index (κ3) is 4.43. The van der Waals surface area contributed by atoms with Gasteiger partial charge in [-0.2, -0.15) is 0 Å². The molecule has 1 N–H and O–H groups in total. The van der Waals surface area contributed by atoms with Crippen molar-refractivity contribution in [3.8, 4) is 5.75 Å². The number of aliphatic hydroxyl groups excluding tert-OH is 1. The average molecular weight is 315 g/mol. The van der Waals surface area contributed by atoms with Crippen molar-refractivity contribution in [1.82, 2.24) is 4.31 Å². The highest BCUT2D eigenvalue weighted by atomic mass is 32.2. The van der Waals surface area contributed by atoms with Gasteiger partial charge in [0.05, 0.1) is 18.1 Å². The predicted molar refractivity (Wildman–Crippen MR) is 82.8 cm³/mol. The maximum atomic E-state index is 12.5. The first-order chi connectivity index (χ1) is 9.86. The molecule has 1 aromatic carbocycles. The van der Waals surface area contributed by atoms with Crippen LogP contribution in [0.5, 0.6) is 5.75 Å². The van der Waals surface area contributed by atoms with E-state index >= 15 is 0 Å². The van der Waals surface area contributed by atoms with Gasteiger partial charge < -0.3 is 9.84 Å². The Kier molecular flexibility index (Phi) is 6.64. The summed E-state index contributed by atoms with van der Waals surface area (Å²) < 4.78 is 31.8. The van der Waals surface area contributed by atoms with E-state index in [1.165, 1.54) is 16.4 Å². The van der Waals surface area contributed by atoms with E-state index in [1.807, 2.05) is 20.8 Å². The second-order valence-corrected chi connectivity index (χ2v) is 7.20. The third-order valence-electron chi connectivity index (χ3n) is 3.48. The molecule has 0 fully saturated rings. The fourth-order valence-electron chi connectivity index (χ4n) is 1.98. The molecule has 5 nitrogen and oxygen atoms in total. The second-order valence-electron chi connectivity index (χ2n) is 5.16. The monoisotopic (exact) mass is 315 g/mol. The lowest BCUT2D eigenvalue weighted by molar-refractivity contribution is 0.266. The SMILES string of the molecule is CCOc1ccc(S(=O)(=O)N(C)CC(C)CC)cc1CO. The van der Waals surface area contributed by atoms with Crippen LogP contribution in [0.2, 0.25) is 0 Å².